The van der Waals surface area contributed by atoms with Crippen molar-refractivity contribution in [1.82, 2.24) is 24.3 Å². The van der Waals surface area contributed by atoms with E-state index in [9.17, 15) is 9.65 Å². The minimum Gasteiger partial charge on any atom is -0.378 e. The number of fused-ring (bicyclic) bond motifs is 4. The van der Waals surface area contributed by atoms with Crippen LogP contribution in [0.1, 0.15) is 48.7 Å². The van der Waals surface area contributed by atoms with Crippen LogP contribution >= 0.6 is 0 Å². The van der Waals surface area contributed by atoms with Crippen molar-refractivity contribution in [1.29, 1.82) is 5.26 Å². The summed E-state index contributed by atoms with van der Waals surface area (Å²) in [6.07, 6.45) is 3.52. The second kappa shape index (κ2) is 8.29. The molecule has 9 heteroatoms. The van der Waals surface area contributed by atoms with Gasteiger partial charge in [0, 0.05) is 11.9 Å². The van der Waals surface area contributed by atoms with Crippen LogP contribution in [-0.4, -0.2) is 63.2 Å². The van der Waals surface area contributed by atoms with Crippen LogP contribution in [0.15, 0.2) is 36.5 Å². The zero-order valence-corrected chi connectivity index (χ0v) is 20.3. The number of piperidine rings is 1. The highest BCUT2D eigenvalue weighted by atomic mass is 19.1. The molecule has 2 saturated heterocycles. The molecule has 3 aliphatic rings. The molecule has 2 fully saturated rings. The van der Waals surface area contributed by atoms with Gasteiger partial charge in [-0.2, -0.15) is 15.5 Å². The molecule has 6 heterocycles. The van der Waals surface area contributed by atoms with Gasteiger partial charge in [0.2, 0.25) is 0 Å². The van der Waals surface area contributed by atoms with Crippen LogP contribution in [0.4, 0.5) is 10.1 Å². The van der Waals surface area contributed by atoms with Gasteiger partial charge in [-0.05, 0) is 62.5 Å². The van der Waals surface area contributed by atoms with E-state index in [-0.39, 0.29) is 6.04 Å². The van der Waals surface area contributed by atoms with E-state index >= 15 is 0 Å². The van der Waals surface area contributed by atoms with Crippen LogP contribution < -0.4 is 4.90 Å². The number of pyridine rings is 1. The van der Waals surface area contributed by atoms with Crippen molar-refractivity contribution in [3.05, 3.63) is 59.3 Å². The first-order valence-electron chi connectivity index (χ1n) is 12.7. The van der Waals surface area contributed by atoms with Crippen LogP contribution in [0.3, 0.4) is 0 Å². The number of hydrogen-bond donors (Lipinski definition) is 0. The van der Waals surface area contributed by atoms with Crippen molar-refractivity contribution in [2.45, 2.75) is 44.3 Å². The van der Waals surface area contributed by atoms with Gasteiger partial charge in [-0.25, -0.2) is 8.91 Å². The topological polar surface area (TPSA) is 74.6 Å². The number of halogens is 1. The Kier molecular flexibility index (Phi) is 5.01. The van der Waals surface area contributed by atoms with Gasteiger partial charge in [-0.15, -0.1) is 0 Å². The number of nitrogens with zero attached hydrogens (tertiary/aromatic N) is 7. The molecule has 8 nitrogen and oxygen atoms in total. The fourth-order valence-electron chi connectivity index (χ4n) is 6.20. The highest BCUT2D eigenvalue weighted by molar-refractivity contribution is 5.84. The number of rotatable bonds is 3. The third-order valence-corrected chi connectivity index (χ3v) is 8.25. The van der Waals surface area contributed by atoms with E-state index in [0.29, 0.717) is 36.3 Å². The summed E-state index contributed by atoms with van der Waals surface area (Å²) < 4.78 is 23.6. The first-order chi connectivity index (χ1) is 17.6. The third kappa shape index (κ3) is 3.32. The molecule has 36 heavy (non-hydrogen) atoms. The lowest BCUT2D eigenvalue weighted by Crippen LogP contribution is -2.51. The summed E-state index contributed by atoms with van der Waals surface area (Å²) in [7, 11) is 0. The molecule has 0 N–H and O–H groups in total. The molecule has 3 aliphatic heterocycles. The predicted octanol–water partition coefficient (Wildman–Crippen LogP) is 3.85. The summed E-state index contributed by atoms with van der Waals surface area (Å²) in [6, 6.07) is 13.2. The molecule has 0 unspecified atom stereocenters. The molecule has 7 rings (SSSR count). The van der Waals surface area contributed by atoms with Gasteiger partial charge in [-0.3, -0.25) is 9.58 Å². The van der Waals surface area contributed by atoms with Gasteiger partial charge < -0.3 is 9.64 Å². The zero-order valence-electron chi connectivity index (χ0n) is 20.3. The number of aromatic nitrogens is 4. The van der Waals surface area contributed by atoms with Crippen molar-refractivity contribution in [2.24, 2.45) is 0 Å². The Bertz CT molecular complexity index is 1510. The monoisotopic (exact) mass is 485 g/mol. The quantitative estimate of drug-likeness (QED) is 0.439. The van der Waals surface area contributed by atoms with Gasteiger partial charge >= 0.3 is 0 Å². The Labute approximate surface area is 208 Å². The Balaban J connectivity index is 1.19. The second-order valence-corrected chi connectivity index (χ2v) is 10.4. The van der Waals surface area contributed by atoms with Crippen molar-refractivity contribution in [3.63, 3.8) is 0 Å². The molecule has 1 atom stereocenters. The smallest absolute Gasteiger partial charge is 0.171 e. The summed E-state index contributed by atoms with van der Waals surface area (Å²) in [5.74, 6) is 0.148. The van der Waals surface area contributed by atoms with E-state index in [0.717, 1.165) is 48.6 Å². The largest absolute Gasteiger partial charge is 0.378 e. The average molecular weight is 486 g/mol. The van der Waals surface area contributed by atoms with E-state index in [4.69, 9.17) is 9.84 Å². The summed E-state index contributed by atoms with van der Waals surface area (Å²) in [5, 5.41) is 19.7. The number of likely N-dealkylation sites (tertiary alicyclic amines) is 1. The molecule has 0 spiro atoms. The van der Waals surface area contributed by atoms with E-state index in [1.165, 1.54) is 29.1 Å². The standard InChI is InChI=1S/C27H28FN7O/c1-17-13-33(25-5-3-20(11-29)35-27(25)23(28)12-30-35)14-26-22-4-2-19(10-24(22)31-34(17)26)18-6-8-32(9-7-18)21-15-36-16-21/h2-5,10,12,17-18,21H,6-9,13-16H2,1H3/t17-/m1/s1. The van der Waals surface area contributed by atoms with E-state index in [1.54, 1.807) is 6.07 Å². The lowest BCUT2D eigenvalue weighted by molar-refractivity contribution is -0.0712. The maximum absolute atomic E-state index is 14.7. The van der Waals surface area contributed by atoms with Gasteiger partial charge in [0.1, 0.15) is 17.3 Å². The van der Waals surface area contributed by atoms with Gasteiger partial charge in [0.15, 0.2) is 5.82 Å². The minimum atomic E-state index is -0.417. The van der Waals surface area contributed by atoms with Crippen LogP contribution in [0.25, 0.3) is 16.4 Å². The van der Waals surface area contributed by atoms with E-state index < -0.39 is 5.82 Å². The van der Waals surface area contributed by atoms with Crippen molar-refractivity contribution >= 4 is 22.1 Å². The molecular weight excluding hydrogens is 457 g/mol. The number of ether oxygens (including phenoxy) is 1. The summed E-state index contributed by atoms with van der Waals surface area (Å²) in [6.45, 7) is 7.49. The summed E-state index contributed by atoms with van der Waals surface area (Å²) >= 11 is 0. The van der Waals surface area contributed by atoms with Gasteiger partial charge in [0.05, 0.1) is 54.9 Å². The molecule has 0 radical (unpaired) electrons. The summed E-state index contributed by atoms with van der Waals surface area (Å²) in [5.41, 5.74) is 4.96. The molecule has 3 aromatic heterocycles. The third-order valence-electron chi connectivity index (χ3n) is 8.25. The van der Waals surface area contributed by atoms with Crippen LogP contribution in [0.2, 0.25) is 0 Å². The van der Waals surface area contributed by atoms with Crippen molar-refractivity contribution in [3.8, 4) is 6.07 Å². The lowest BCUT2D eigenvalue weighted by atomic mass is 9.88. The summed E-state index contributed by atoms with van der Waals surface area (Å²) in [4.78, 5) is 4.75. The molecule has 0 aliphatic carbocycles. The van der Waals surface area contributed by atoms with Crippen LogP contribution in [0.5, 0.6) is 0 Å². The van der Waals surface area contributed by atoms with Gasteiger partial charge in [-0.1, -0.05) is 12.1 Å². The maximum Gasteiger partial charge on any atom is 0.171 e. The first kappa shape index (κ1) is 21.8. The maximum atomic E-state index is 14.7. The number of benzene rings is 1. The Hall–Kier alpha value is -3.48. The Morgan fingerprint density at radius 3 is 2.72 bits per heavy atom. The first-order valence-corrected chi connectivity index (χ1v) is 12.7. The number of nitriles is 1. The molecule has 4 aromatic rings. The molecule has 0 amide bonds. The van der Waals surface area contributed by atoms with Gasteiger partial charge in [0.25, 0.3) is 0 Å². The SMILES string of the molecule is C[C@@H]1CN(c2ccc(C#N)n3ncc(F)c23)Cc2c3ccc(C4CCN(C5COC5)CC4)cc3nn21. The molecular formula is C27H28FN7O. The molecule has 1 aromatic carbocycles. The Morgan fingerprint density at radius 1 is 1.14 bits per heavy atom. The zero-order chi connectivity index (χ0) is 24.4. The molecule has 0 bridgehead atoms. The fourth-order valence-corrected chi connectivity index (χ4v) is 6.20. The van der Waals surface area contributed by atoms with Crippen LogP contribution in [0, 0.1) is 17.1 Å². The molecule has 0 saturated carbocycles. The number of hydrogen-bond acceptors (Lipinski definition) is 6. The van der Waals surface area contributed by atoms with Crippen molar-refractivity contribution in [2.75, 3.05) is 37.7 Å². The average Bonchev–Trinajstić information content (AvgIpc) is 3.44. The lowest BCUT2D eigenvalue weighted by Gasteiger charge is -2.41. The van der Waals surface area contributed by atoms with E-state index in [1.807, 2.05) is 6.07 Å². The minimum absolute atomic E-state index is 0.124. The predicted molar refractivity (Wildman–Crippen MR) is 134 cm³/mol. The highest BCUT2D eigenvalue weighted by Gasteiger charge is 2.31. The fraction of sp³-hybridized carbons (Fsp3) is 0.444. The van der Waals surface area contributed by atoms with E-state index in [2.05, 4.69) is 50.8 Å². The Morgan fingerprint density at radius 2 is 1.97 bits per heavy atom. The second-order valence-electron chi connectivity index (χ2n) is 10.4. The number of anilines is 1. The molecule has 184 valence electrons. The van der Waals surface area contributed by atoms with Crippen molar-refractivity contribution < 1.29 is 9.13 Å². The van der Waals surface area contributed by atoms with Crippen LogP contribution in [-0.2, 0) is 11.3 Å². The normalized spacial score (nSPS) is 21.6. The highest BCUT2D eigenvalue weighted by Crippen LogP contribution is 2.36.